The van der Waals surface area contributed by atoms with Crippen LogP contribution in [0.1, 0.15) is 25.7 Å². The fourth-order valence-corrected chi connectivity index (χ4v) is 3.51. The molecule has 0 radical (unpaired) electrons. The molecule has 6 nitrogen and oxygen atoms in total. The van der Waals surface area contributed by atoms with Crippen LogP contribution in [0.15, 0.2) is 0 Å². The Bertz CT molecular complexity index is 382. The van der Waals surface area contributed by atoms with Crippen molar-refractivity contribution in [1.82, 2.24) is 15.5 Å². The molecule has 3 saturated heterocycles. The maximum atomic E-state index is 12.1. The van der Waals surface area contributed by atoms with Gasteiger partial charge in [-0.3, -0.25) is 9.59 Å². The van der Waals surface area contributed by atoms with Gasteiger partial charge in [-0.05, 0) is 19.3 Å². The predicted molar refractivity (Wildman–Crippen MR) is 73.1 cm³/mol. The minimum Gasteiger partial charge on any atom is -0.378 e. The van der Waals surface area contributed by atoms with Crippen LogP contribution in [0.2, 0.25) is 0 Å². The smallest absolute Gasteiger partial charge is 0.224 e. The van der Waals surface area contributed by atoms with E-state index in [-0.39, 0.29) is 17.7 Å². The number of hydrogen-bond acceptors (Lipinski definition) is 4. The third-order valence-electron chi connectivity index (χ3n) is 4.64. The second kappa shape index (κ2) is 6.10. The van der Waals surface area contributed by atoms with Gasteiger partial charge in [0.05, 0.1) is 19.1 Å². The molecule has 2 amide bonds. The third-order valence-corrected chi connectivity index (χ3v) is 4.64. The lowest BCUT2D eigenvalue weighted by Crippen LogP contribution is -2.43. The molecule has 3 heterocycles. The second-order valence-electron chi connectivity index (χ2n) is 5.92. The van der Waals surface area contributed by atoms with Crippen molar-refractivity contribution in [1.29, 1.82) is 0 Å². The van der Waals surface area contributed by atoms with Crippen LogP contribution in [0.4, 0.5) is 0 Å². The van der Waals surface area contributed by atoms with Gasteiger partial charge in [-0.1, -0.05) is 0 Å². The Morgan fingerprint density at radius 2 is 2.05 bits per heavy atom. The fourth-order valence-electron chi connectivity index (χ4n) is 3.51. The molecule has 2 N–H and O–H groups in total. The van der Waals surface area contributed by atoms with Crippen molar-refractivity contribution in [2.24, 2.45) is 5.92 Å². The van der Waals surface area contributed by atoms with E-state index < -0.39 is 0 Å². The molecule has 2 bridgehead atoms. The van der Waals surface area contributed by atoms with E-state index in [1.165, 1.54) is 6.42 Å². The van der Waals surface area contributed by atoms with E-state index in [0.29, 0.717) is 51.4 Å². The Hall–Kier alpha value is -1.14. The van der Waals surface area contributed by atoms with E-state index >= 15 is 0 Å². The van der Waals surface area contributed by atoms with Crippen molar-refractivity contribution < 1.29 is 14.3 Å². The van der Waals surface area contributed by atoms with Crippen LogP contribution in [-0.4, -0.2) is 61.6 Å². The van der Waals surface area contributed by atoms with Crippen molar-refractivity contribution >= 4 is 11.8 Å². The lowest BCUT2D eigenvalue weighted by atomic mass is 9.88. The minimum atomic E-state index is 0.104. The highest BCUT2D eigenvalue weighted by molar-refractivity contribution is 5.81. The molecule has 0 aromatic heterocycles. The molecule has 112 valence electrons. The molecule has 0 aromatic rings. The molecular weight excluding hydrogens is 258 g/mol. The molecule has 3 aliphatic rings. The molecule has 3 unspecified atom stereocenters. The molecule has 3 aliphatic heterocycles. The first-order valence-corrected chi connectivity index (χ1v) is 7.63. The summed E-state index contributed by atoms with van der Waals surface area (Å²) in [4.78, 5) is 25.8. The number of nitrogens with zero attached hydrogens (tertiary/aromatic N) is 1. The zero-order chi connectivity index (χ0) is 13.9. The van der Waals surface area contributed by atoms with Gasteiger partial charge in [0.15, 0.2) is 0 Å². The standard InChI is InChI=1S/C14H23N3O3/c18-13(17-5-7-20-8-6-17)3-4-15-14(19)11-9-10-1-2-12(11)16-10/h10-12,16H,1-9H2,(H,15,19). The van der Waals surface area contributed by atoms with E-state index in [4.69, 9.17) is 4.74 Å². The Morgan fingerprint density at radius 3 is 2.70 bits per heavy atom. The lowest BCUT2D eigenvalue weighted by molar-refractivity contribution is -0.135. The van der Waals surface area contributed by atoms with E-state index in [0.717, 1.165) is 12.8 Å². The summed E-state index contributed by atoms with van der Waals surface area (Å²) in [5, 5.41) is 6.38. The quantitative estimate of drug-likeness (QED) is 0.728. The van der Waals surface area contributed by atoms with Crippen LogP contribution < -0.4 is 10.6 Å². The number of morpholine rings is 1. The largest absolute Gasteiger partial charge is 0.378 e. The number of nitrogens with one attached hydrogen (secondary N) is 2. The van der Waals surface area contributed by atoms with Gasteiger partial charge in [0.25, 0.3) is 0 Å². The molecule has 0 saturated carbocycles. The van der Waals surface area contributed by atoms with Gasteiger partial charge in [0, 0.05) is 38.1 Å². The van der Waals surface area contributed by atoms with E-state index in [2.05, 4.69) is 10.6 Å². The first-order valence-electron chi connectivity index (χ1n) is 7.63. The average molecular weight is 281 g/mol. The van der Waals surface area contributed by atoms with Crippen LogP contribution >= 0.6 is 0 Å². The van der Waals surface area contributed by atoms with Crippen LogP contribution in [0.5, 0.6) is 0 Å². The fraction of sp³-hybridized carbons (Fsp3) is 0.857. The summed E-state index contributed by atoms with van der Waals surface area (Å²) in [5.74, 6) is 0.325. The maximum absolute atomic E-state index is 12.1. The van der Waals surface area contributed by atoms with Crippen molar-refractivity contribution in [3.63, 3.8) is 0 Å². The summed E-state index contributed by atoms with van der Waals surface area (Å²) in [6.45, 7) is 3.03. The first-order chi connectivity index (χ1) is 9.74. The molecule has 0 aromatic carbocycles. The van der Waals surface area contributed by atoms with E-state index in [9.17, 15) is 9.59 Å². The van der Waals surface area contributed by atoms with Gasteiger partial charge in [-0.25, -0.2) is 0 Å². The van der Waals surface area contributed by atoms with E-state index in [1.807, 2.05) is 4.90 Å². The minimum absolute atomic E-state index is 0.104. The number of ether oxygens (including phenoxy) is 1. The van der Waals surface area contributed by atoms with Crippen molar-refractivity contribution in [3.8, 4) is 0 Å². The second-order valence-corrected chi connectivity index (χ2v) is 5.92. The summed E-state index contributed by atoms with van der Waals surface area (Å²) in [7, 11) is 0. The average Bonchev–Trinajstić information content (AvgIpc) is 3.10. The molecule has 3 fully saturated rings. The molecule has 3 rings (SSSR count). The van der Waals surface area contributed by atoms with Crippen LogP contribution in [0.25, 0.3) is 0 Å². The van der Waals surface area contributed by atoms with Crippen LogP contribution in [-0.2, 0) is 14.3 Å². The molecule has 20 heavy (non-hydrogen) atoms. The zero-order valence-corrected chi connectivity index (χ0v) is 11.8. The third kappa shape index (κ3) is 2.96. The SMILES string of the molecule is O=C(NCCC(=O)N1CCOCC1)C1CC2CCC1N2. The van der Waals surface area contributed by atoms with Crippen molar-refractivity contribution in [2.45, 2.75) is 37.8 Å². The first kappa shape index (κ1) is 13.8. The number of carbonyl (C=O) groups is 2. The molecule has 3 atom stereocenters. The highest BCUT2D eigenvalue weighted by atomic mass is 16.5. The molecule has 0 spiro atoms. The topological polar surface area (TPSA) is 70.7 Å². The van der Waals surface area contributed by atoms with E-state index in [1.54, 1.807) is 0 Å². The Kier molecular flexibility index (Phi) is 4.21. The summed E-state index contributed by atoms with van der Waals surface area (Å²) in [6, 6.07) is 0.890. The van der Waals surface area contributed by atoms with Crippen LogP contribution in [0, 0.1) is 5.92 Å². The van der Waals surface area contributed by atoms with Crippen molar-refractivity contribution in [2.75, 3.05) is 32.8 Å². The molecular formula is C14H23N3O3. The zero-order valence-electron chi connectivity index (χ0n) is 11.8. The van der Waals surface area contributed by atoms with Gasteiger partial charge in [0.2, 0.25) is 11.8 Å². The van der Waals surface area contributed by atoms with Crippen LogP contribution in [0.3, 0.4) is 0 Å². The van der Waals surface area contributed by atoms with Gasteiger partial charge in [-0.2, -0.15) is 0 Å². The van der Waals surface area contributed by atoms with Gasteiger partial charge < -0.3 is 20.3 Å². The normalized spacial score (nSPS) is 32.4. The summed E-state index contributed by atoms with van der Waals surface area (Å²) in [6.07, 6.45) is 3.65. The predicted octanol–water partition coefficient (Wildman–Crippen LogP) is -0.508. The van der Waals surface area contributed by atoms with Gasteiger partial charge in [0.1, 0.15) is 0 Å². The molecule has 0 aliphatic carbocycles. The molecule has 6 heteroatoms. The number of fused-ring (bicyclic) bond motifs is 2. The Morgan fingerprint density at radius 1 is 1.25 bits per heavy atom. The lowest BCUT2D eigenvalue weighted by Gasteiger charge is -2.27. The Balaban J connectivity index is 1.37. The summed E-state index contributed by atoms with van der Waals surface area (Å²) >= 11 is 0. The highest BCUT2D eigenvalue weighted by Crippen LogP contribution is 2.33. The number of rotatable bonds is 4. The number of carbonyl (C=O) groups excluding carboxylic acids is 2. The van der Waals surface area contributed by atoms with Gasteiger partial charge in [-0.15, -0.1) is 0 Å². The monoisotopic (exact) mass is 281 g/mol. The summed E-state index contributed by atoms with van der Waals surface area (Å²) in [5.41, 5.74) is 0. The number of hydrogen-bond donors (Lipinski definition) is 2. The van der Waals surface area contributed by atoms with Gasteiger partial charge >= 0.3 is 0 Å². The maximum Gasteiger partial charge on any atom is 0.224 e. The Labute approximate surface area is 119 Å². The summed E-state index contributed by atoms with van der Waals surface area (Å²) < 4.78 is 5.22. The number of amides is 2. The van der Waals surface area contributed by atoms with Crippen molar-refractivity contribution in [3.05, 3.63) is 0 Å². The highest BCUT2D eigenvalue weighted by Gasteiger charge is 2.42.